The van der Waals surface area contributed by atoms with E-state index in [2.05, 4.69) is 10.0 Å². The van der Waals surface area contributed by atoms with Crippen molar-refractivity contribution in [1.29, 1.82) is 0 Å². The summed E-state index contributed by atoms with van der Waals surface area (Å²) in [5, 5.41) is 11.4. The number of amides is 1. The average molecular weight is 356 g/mol. The van der Waals surface area contributed by atoms with Crippen LogP contribution in [0.1, 0.15) is 38.7 Å². The molecule has 1 aromatic rings. The highest BCUT2D eigenvalue weighted by Crippen LogP contribution is 2.11. The molecule has 0 fully saturated rings. The van der Waals surface area contributed by atoms with Crippen LogP contribution in [0.15, 0.2) is 29.2 Å². The third-order valence-corrected chi connectivity index (χ3v) is 5.02. The predicted molar refractivity (Wildman–Crippen MR) is 90.1 cm³/mol. The molecule has 2 unspecified atom stereocenters. The molecule has 0 aromatic heterocycles. The van der Waals surface area contributed by atoms with Crippen molar-refractivity contribution in [2.45, 2.75) is 57.0 Å². The zero-order valence-corrected chi connectivity index (χ0v) is 14.9. The van der Waals surface area contributed by atoms with E-state index in [9.17, 15) is 18.0 Å². The number of aliphatic carboxylic acids is 1. The van der Waals surface area contributed by atoms with Gasteiger partial charge < -0.3 is 10.4 Å². The van der Waals surface area contributed by atoms with E-state index in [-0.39, 0.29) is 11.3 Å². The molecule has 0 saturated heterocycles. The largest absolute Gasteiger partial charge is 0.481 e. The highest BCUT2D eigenvalue weighted by atomic mass is 32.2. The van der Waals surface area contributed by atoms with Crippen LogP contribution in [0.2, 0.25) is 0 Å². The molecule has 24 heavy (non-hydrogen) atoms. The minimum atomic E-state index is -3.82. The summed E-state index contributed by atoms with van der Waals surface area (Å²) in [7, 11) is -3.82. The summed E-state index contributed by atoms with van der Waals surface area (Å²) in [4.78, 5) is 23.0. The number of hydrogen-bond donors (Lipinski definition) is 3. The van der Waals surface area contributed by atoms with Crippen LogP contribution in [0.4, 0.5) is 0 Å². The lowest BCUT2D eigenvalue weighted by Gasteiger charge is -2.20. The van der Waals surface area contributed by atoms with Gasteiger partial charge in [0.25, 0.3) is 0 Å². The summed E-state index contributed by atoms with van der Waals surface area (Å²) in [6, 6.07) is 4.74. The van der Waals surface area contributed by atoms with Crippen LogP contribution in [-0.4, -0.2) is 37.5 Å². The number of nitrogens with one attached hydrogen (secondary N) is 2. The van der Waals surface area contributed by atoms with Gasteiger partial charge in [-0.15, -0.1) is 0 Å². The zero-order chi connectivity index (χ0) is 18.3. The summed E-state index contributed by atoms with van der Waals surface area (Å²) < 4.78 is 26.8. The summed E-state index contributed by atoms with van der Waals surface area (Å²) in [6.07, 6.45) is 1.02. The molecule has 0 bridgehead atoms. The second kappa shape index (κ2) is 8.79. The minimum Gasteiger partial charge on any atom is -0.481 e. The standard InChI is InChI=1S/C16H24N2O5S/c1-4-5-13(10-15(19)20)17-16(21)12(3)18-24(22,23)14-8-6-11(2)7-9-14/h6-9,12-13,18H,4-5,10H2,1-3H3,(H,17,21)(H,19,20). The number of rotatable bonds is 9. The lowest BCUT2D eigenvalue weighted by molar-refractivity contribution is -0.137. The first-order valence-corrected chi connectivity index (χ1v) is 9.25. The third-order valence-electron chi connectivity index (χ3n) is 3.46. The topological polar surface area (TPSA) is 113 Å². The molecule has 0 aliphatic rings. The maximum absolute atomic E-state index is 12.3. The van der Waals surface area contributed by atoms with Crippen molar-refractivity contribution in [1.82, 2.24) is 10.0 Å². The summed E-state index contributed by atoms with van der Waals surface area (Å²) in [6.45, 7) is 5.14. The van der Waals surface area contributed by atoms with Gasteiger partial charge in [0.2, 0.25) is 15.9 Å². The fourth-order valence-corrected chi connectivity index (χ4v) is 3.39. The Morgan fingerprint density at radius 1 is 1.21 bits per heavy atom. The summed E-state index contributed by atoms with van der Waals surface area (Å²) >= 11 is 0. The third kappa shape index (κ3) is 6.29. The molecule has 7 nitrogen and oxygen atoms in total. The summed E-state index contributed by atoms with van der Waals surface area (Å²) in [5.74, 6) is -1.56. The van der Waals surface area contributed by atoms with Gasteiger partial charge in [0.15, 0.2) is 0 Å². The van der Waals surface area contributed by atoms with Crippen LogP contribution in [0, 0.1) is 6.92 Å². The van der Waals surface area contributed by atoms with Crippen LogP contribution >= 0.6 is 0 Å². The average Bonchev–Trinajstić information content (AvgIpc) is 2.46. The van der Waals surface area contributed by atoms with E-state index in [1.807, 2.05) is 13.8 Å². The van der Waals surface area contributed by atoms with Crippen LogP contribution in [0.25, 0.3) is 0 Å². The molecule has 0 aliphatic carbocycles. The first-order valence-electron chi connectivity index (χ1n) is 7.77. The van der Waals surface area contributed by atoms with Crippen molar-refractivity contribution >= 4 is 21.9 Å². The van der Waals surface area contributed by atoms with Gasteiger partial charge in [-0.3, -0.25) is 9.59 Å². The van der Waals surface area contributed by atoms with Gasteiger partial charge in [0.05, 0.1) is 17.4 Å². The van der Waals surface area contributed by atoms with Crippen LogP contribution in [0.5, 0.6) is 0 Å². The van der Waals surface area contributed by atoms with Gasteiger partial charge in [0.1, 0.15) is 0 Å². The Labute approximate surface area is 142 Å². The number of benzene rings is 1. The van der Waals surface area contributed by atoms with Gasteiger partial charge in [-0.25, -0.2) is 8.42 Å². The van der Waals surface area contributed by atoms with Crippen LogP contribution in [0.3, 0.4) is 0 Å². The molecule has 0 aliphatic heterocycles. The SMILES string of the molecule is CCCC(CC(=O)O)NC(=O)C(C)NS(=O)(=O)c1ccc(C)cc1. The second-order valence-electron chi connectivity index (χ2n) is 5.75. The van der Waals surface area contributed by atoms with Crippen molar-refractivity contribution in [3.63, 3.8) is 0 Å². The minimum absolute atomic E-state index is 0.0726. The lowest BCUT2D eigenvalue weighted by atomic mass is 10.1. The number of carboxylic acid groups (broad SMARTS) is 1. The quantitative estimate of drug-likeness (QED) is 0.619. The molecule has 0 saturated carbocycles. The monoisotopic (exact) mass is 356 g/mol. The molecule has 1 aromatic carbocycles. The second-order valence-corrected chi connectivity index (χ2v) is 7.46. The Bertz CT molecular complexity index is 670. The van der Waals surface area contributed by atoms with Crippen LogP contribution < -0.4 is 10.0 Å². The number of aryl methyl sites for hydroxylation is 1. The van der Waals surface area contributed by atoms with Gasteiger partial charge in [0, 0.05) is 6.04 Å². The lowest BCUT2D eigenvalue weighted by Crippen LogP contribution is -2.48. The van der Waals surface area contributed by atoms with Crippen molar-refractivity contribution in [2.75, 3.05) is 0 Å². The number of carbonyl (C=O) groups is 2. The number of sulfonamides is 1. The number of carbonyl (C=O) groups excluding carboxylic acids is 1. The first-order chi connectivity index (χ1) is 11.2. The van der Waals surface area contributed by atoms with Gasteiger partial charge >= 0.3 is 5.97 Å². The molecule has 0 radical (unpaired) electrons. The van der Waals surface area contributed by atoms with Crippen molar-refractivity contribution in [3.05, 3.63) is 29.8 Å². The fraction of sp³-hybridized carbons (Fsp3) is 0.500. The Kier molecular flexibility index (Phi) is 7.37. The molecule has 3 N–H and O–H groups in total. The molecular formula is C16H24N2O5S. The Balaban J connectivity index is 2.74. The molecule has 2 atom stereocenters. The van der Waals surface area contributed by atoms with Crippen molar-refractivity contribution in [2.24, 2.45) is 0 Å². The van der Waals surface area contributed by atoms with Gasteiger partial charge in [-0.2, -0.15) is 4.72 Å². The molecular weight excluding hydrogens is 332 g/mol. The molecule has 134 valence electrons. The van der Waals surface area contributed by atoms with E-state index in [0.29, 0.717) is 12.8 Å². The number of hydrogen-bond acceptors (Lipinski definition) is 4. The summed E-state index contributed by atoms with van der Waals surface area (Å²) in [5.41, 5.74) is 0.927. The molecule has 1 rings (SSSR count). The highest BCUT2D eigenvalue weighted by Gasteiger charge is 2.24. The van der Waals surface area contributed by atoms with E-state index < -0.39 is 34.0 Å². The Hall–Kier alpha value is -1.93. The van der Waals surface area contributed by atoms with Gasteiger partial charge in [-0.05, 0) is 32.4 Å². The van der Waals surface area contributed by atoms with E-state index in [0.717, 1.165) is 5.56 Å². The Morgan fingerprint density at radius 3 is 2.29 bits per heavy atom. The molecule has 1 amide bonds. The fourth-order valence-electron chi connectivity index (χ4n) is 2.18. The first kappa shape index (κ1) is 20.1. The van der Waals surface area contributed by atoms with Crippen LogP contribution in [-0.2, 0) is 19.6 Å². The molecule has 0 spiro atoms. The number of carboxylic acids is 1. The Morgan fingerprint density at radius 2 is 1.79 bits per heavy atom. The van der Waals surface area contributed by atoms with E-state index in [1.54, 1.807) is 12.1 Å². The maximum Gasteiger partial charge on any atom is 0.305 e. The zero-order valence-electron chi connectivity index (χ0n) is 14.1. The molecule has 8 heteroatoms. The van der Waals surface area contributed by atoms with E-state index >= 15 is 0 Å². The normalized spacial score (nSPS) is 14.0. The van der Waals surface area contributed by atoms with E-state index in [4.69, 9.17) is 5.11 Å². The maximum atomic E-state index is 12.3. The van der Waals surface area contributed by atoms with Gasteiger partial charge in [-0.1, -0.05) is 31.0 Å². The van der Waals surface area contributed by atoms with Crippen molar-refractivity contribution < 1.29 is 23.1 Å². The smallest absolute Gasteiger partial charge is 0.305 e. The van der Waals surface area contributed by atoms with Crippen molar-refractivity contribution in [3.8, 4) is 0 Å². The highest BCUT2D eigenvalue weighted by molar-refractivity contribution is 7.89. The molecule has 0 heterocycles. The van der Waals surface area contributed by atoms with E-state index in [1.165, 1.54) is 19.1 Å². The predicted octanol–water partition coefficient (Wildman–Crippen LogP) is 1.42.